The highest BCUT2D eigenvalue weighted by molar-refractivity contribution is 5.62. The first-order valence-electron chi connectivity index (χ1n) is 6.62. The van der Waals surface area contributed by atoms with Crippen LogP contribution >= 0.6 is 0 Å². The lowest BCUT2D eigenvalue weighted by Crippen LogP contribution is -2.59. The maximum atomic E-state index is 10.6. The lowest BCUT2D eigenvalue weighted by molar-refractivity contribution is -0.306. The molecule has 22 heavy (non-hydrogen) atoms. The van der Waals surface area contributed by atoms with Crippen LogP contribution in [0, 0.1) is 0 Å². The number of hydrogen-bond acceptors (Lipinski definition) is 10. The Morgan fingerprint density at radius 3 is 2.32 bits per heavy atom. The van der Waals surface area contributed by atoms with Crippen molar-refractivity contribution < 1.29 is 50.0 Å². The average Bonchev–Trinajstić information content (AvgIpc) is 2.50. The molecule has 8 atom stereocenters. The molecule has 0 aromatic carbocycles. The molecule has 0 saturated carbocycles. The second-order valence-corrected chi connectivity index (χ2v) is 5.39. The zero-order valence-corrected chi connectivity index (χ0v) is 11.9. The van der Waals surface area contributed by atoms with Gasteiger partial charge >= 0.3 is 0 Å². The van der Waals surface area contributed by atoms with Gasteiger partial charge in [-0.3, -0.25) is 0 Å². The minimum atomic E-state index is -2.20. The molecule has 1 saturated heterocycles. The molecule has 1 aliphatic heterocycles. The zero-order chi connectivity index (χ0) is 17.1. The monoisotopic (exact) mass is 326 g/mol. The fraction of sp³-hybridized carbons (Fsp3) is 0.917. The summed E-state index contributed by atoms with van der Waals surface area (Å²) < 4.78 is 9.99. The third-order valence-corrected chi connectivity index (χ3v) is 3.48. The van der Waals surface area contributed by atoms with Crippen LogP contribution in [0.4, 0.5) is 0 Å². The van der Waals surface area contributed by atoms with Crippen molar-refractivity contribution in [1.82, 2.24) is 0 Å². The SMILES string of the molecule is C[C@](O)(C=O)[C@H](O)[C@H](O)CO[C@H]1O[C@H](CO)[C@@H](O)[C@H](O)[C@H]1O. The van der Waals surface area contributed by atoms with E-state index in [1.807, 2.05) is 0 Å². The summed E-state index contributed by atoms with van der Waals surface area (Å²) in [6.07, 6.45) is -11.0. The van der Waals surface area contributed by atoms with Crippen LogP contribution in [0.15, 0.2) is 0 Å². The summed E-state index contributed by atoms with van der Waals surface area (Å²) in [5, 5.41) is 66.5. The van der Waals surface area contributed by atoms with Crippen LogP contribution in [-0.4, -0.2) is 104 Å². The molecular formula is C12H22O10. The molecule has 0 aromatic rings. The molecule has 1 heterocycles. The molecular weight excluding hydrogens is 304 g/mol. The predicted molar refractivity (Wildman–Crippen MR) is 68.4 cm³/mol. The van der Waals surface area contributed by atoms with E-state index in [0.29, 0.717) is 0 Å². The molecule has 1 rings (SSSR count). The van der Waals surface area contributed by atoms with Crippen LogP contribution in [-0.2, 0) is 14.3 Å². The Morgan fingerprint density at radius 1 is 1.23 bits per heavy atom. The Morgan fingerprint density at radius 2 is 1.82 bits per heavy atom. The van der Waals surface area contributed by atoms with Crippen molar-refractivity contribution in [2.24, 2.45) is 0 Å². The van der Waals surface area contributed by atoms with Gasteiger partial charge in [-0.2, -0.15) is 0 Å². The Bertz CT molecular complexity index is 360. The van der Waals surface area contributed by atoms with E-state index >= 15 is 0 Å². The normalized spacial score (nSPS) is 38.1. The van der Waals surface area contributed by atoms with Gasteiger partial charge < -0.3 is 50.0 Å². The van der Waals surface area contributed by atoms with Crippen molar-refractivity contribution >= 4 is 6.29 Å². The van der Waals surface area contributed by atoms with E-state index in [1.165, 1.54) is 0 Å². The largest absolute Gasteiger partial charge is 0.394 e. The van der Waals surface area contributed by atoms with Crippen molar-refractivity contribution in [1.29, 1.82) is 0 Å². The van der Waals surface area contributed by atoms with Crippen LogP contribution < -0.4 is 0 Å². The topological polar surface area (TPSA) is 177 Å². The number of hydrogen-bond donors (Lipinski definition) is 7. The van der Waals surface area contributed by atoms with E-state index in [9.17, 15) is 35.4 Å². The minimum absolute atomic E-state index is 0.0503. The second kappa shape index (κ2) is 7.73. The summed E-state index contributed by atoms with van der Waals surface area (Å²) in [5.41, 5.74) is -2.20. The highest BCUT2D eigenvalue weighted by Gasteiger charge is 2.44. The van der Waals surface area contributed by atoms with Crippen molar-refractivity contribution in [3.05, 3.63) is 0 Å². The molecule has 0 bridgehead atoms. The Kier molecular flexibility index (Phi) is 6.80. The van der Waals surface area contributed by atoms with Gasteiger partial charge in [0.15, 0.2) is 12.6 Å². The van der Waals surface area contributed by atoms with E-state index in [1.54, 1.807) is 0 Å². The average molecular weight is 326 g/mol. The lowest BCUT2D eigenvalue weighted by atomic mass is 9.96. The molecule has 1 fully saturated rings. The molecule has 0 amide bonds. The number of carbonyl (C=O) groups excluding carboxylic acids is 1. The molecule has 0 spiro atoms. The van der Waals surface area contributed by atoms with Crippen LogP contribution in [0.5, 0.6) is 0 Å². The number of aldehydes is 1. The van der Waals surface area contributed by atoms with Crippen molar-refractivity contribution in [3.63, 3.8) is 0 Å². The molecule has 10 nitrogen and oxygen atoms in total. The predicted octanol–water partition coefficient (Wildman–Crippen LogP) is -4.53. The van der Waals surface area contributed by atoms with Crippen molar-refractivity contribution in [2.45, 2.75) is 55.4 Å². The first-order valence-corrected chi connectivity index (χ1v) is 6.62. The maximum Gasteiger partial charge on any atom is 0.186 e. The first kappa shape index (κ1) is 19.4. The molecule has 130 valence electrons. The van der Waals surface area contributed by atoms with Crippen LogP contribution in [0.1, 0.15) is 6.92 Å². The number of ether oxygens (including phenoxy) is 2. The fourth-order valence-electron chi connectivity index (χ4n) is 1.95. The van der Waals surface area contributed by atoms with Gasteiger partial charge in [0.25, 0.3) is 0 Å². The maximum absolute atomic E-state index is 10.6. The number of carbonyl (C=O) groups is 1. The summed E-state index contributed by atoms with van der Waals surface area (Å²) >= 11 is 0. The Balaban J connectivity index is 2.61. The molecule has 0 aromatic heterocycles. The van der Waals surface area contributed by atoms with Crippen LogP contribution in [0.3, 0.4) is 0 Å². The summed E-state index contributed by atoms with van der Waals surface area (Å²) in [7, 11) is 0. The number of rotatable bonds is 7. The van der Waals surface area contributed by atoms with Gasteiger partial charge in [-0.1, -0.05) is 0 Å². The van der Waals surface area contributed by atoms with Gasteiger partial charge in [0.2, 0.25) is 0 Å². The van der Waals surface area contributed by atoms with Crippen LogP contribution in [0.2, 0.25) is 0 Å². The van der Waals surface area contributed by atoms with E-state index < -0.39 is 61.7 Å². The Hall–Kier alpha value is -0.690. The molecule has 0 unspecified atom stereocenters. The standard InChI is InChI=1S/C12H22O10/c1-12(20,4-14)10(19)5(15)3-21-11-9(18)8(17)7(16)6(2-13)22-11/h4-11,13,15-20H,2-3H2,1H3/t5-,6-,7-,8+,9-,10-,11+,12+/m1/s1. The fourth-order valence-corrected chi connectivity index (χ4v) is 1.95. The van der Waals surface area contributed by atoms with Gasteiger partial charge in [0, 0.05) is 0 Å². The minimum Gasteiger partial charge on any atom is -0.394 e. The van der Waals surface area contributed by atoms with Gasteiger partial charge in [-0.25, -0.2) is 0 Å². The molecule has 0 aliphatic carbocycles. The lowest BCUT2D eigenvalue weighted by Gasteiger charge is -2.40. The van der Waals surface area contributed by atoms with E-state index in [0.717, 1.165) is 6.92 Å². The van der Waals surface area contributed by atoms with Gasteiger partial charge in [-0.15, -0.1) is 0 Å². The molecule has 1 aliphatic rings. The van der Waals surface area contributed by atoms with E-state index in [2.05, 4.69) is 0 Å². The van der Waals surface area contributed by atoms with Gasteiger partial charge in [-0.05, 0) is 6.92 Å². The van der Waals surface area contributed by atoms with E-state index in [4.69, 9.17) is 14.6 Å². The molecule has 10 heteroatoms. The smallest absolute Gasteiger partial charge is 0.186 e. The van der Waals surface area contributed by atoms with Crippen molar-refractivity contribution in [2.75, 3.05) is 13.2 Å². The van der Waals surface area contributed by atoms with Gasteiger partial charge in [0.1, 0.15) is 42.2 Å². The first-order chi connectivity index (χ1) is 10.2. The Labute approximate surface area is 126 Å². The zero-order valence-electron chi connectivity index (χ0n) is 11.9. The molecule has 7 N–H and O–H groups in total. The van der Waals surface area contributed by atoms with Crippen LogP contribution in [0.25, 0.3) is 0 Å². The number of aliphatic hydroxyl groups is 7. The van der Waals surface area contributed by atoms with Gasteiger partial charge in [0.05, 0.1) is 13.2 Å². The summed E-state index contributed by atoms with van der Waals surface area (Å²) in [4.78, 5) is 10.6. The third-order valence-electron chi connectivity index (χ3n) is 3.48. The number of aliphatic hydroxyl groups excluding tert-OH is 6. The highest BCUT2D eigenvalue weighted by Crippen LogP contribution is 2.22. The summed E-state index contributed by atoms with van der Waals surface area (Å²) in [5.74, 6) is 0. The van der Waals surface area contributed by atoms with E-state index in [-0.39, 0.29) is 6.29 Å². The quantitative estimate of drug-likeness (QED) is 0.225. The summed E-state index contributed by atoms with van der Waals surface area (Å²) in [6.45, 7) is -0.300. The highest BCUT2D eigenvalue weighted by atomic mass is 16.7. The summed E-state index contributed by atoms with van der Waals surface area (Å²) in [6, 6.07) is 0. The third kappa shape index (κ3) is 4.19. The second-order valence-electron chi connectivity index (χ2n) is 5.39. The molecule has 0 radical (unpaired) electrons. The van der Waals surface area contributed by atoms with Crippen molar-refractivity contribution in [3.8, 4) is 0 Å².